The van der Waals surface area contributed by atoms with Crippen LogP contribution in [0.5, 0.6) is 5.75 Å². The molecule has 0 spiro atoms. The fourth-order valence-electron chi connectivity index (χ4n) is 2.85. The summed E-state index contributed by atoms with van der Waals surface area (Å²) in [6, 6.07) is 13.3. The Morgan fingerprint density at radius 2 is 2.00 bits per heavy atom. The highest BCUT2D eigenvalue weighted by atomic mass is 19.1. The molecule has 3 rings (SSSR count). The fraction of sp³-hybridized carbons (Fsp3) is 0.304. The SMILES string of the molecule is CC[C@H](C)Oc1cccc(-c2nnc(CCC(=O)NCc3cccc(F)c3)c(=O)[nH]2)c1. The molecule has 0 saturated carbocycles. The molecule has 1 atom stereocenters. The van der Waals surface area contributed by atoms with Crippen molar-refractivity contribution >= 4 is 5.91 Å². The topological polar surface area (TPSA) is 97.0 Å². The Labute approximate surface area is 179 Å². The van der Waals surface area contributed by atoms with Crippen molar-refractivity contribution < 1.29 is 13.9 Å². The van der Waals surface area contributed by atoms with Crippen LogP contribution >= 0.6 is 0 Å². The summed E-state index contributed by atoms with van der Waals surface area (Å²) in [7, 11) is 0. The smallest absolute Gasteiger partial charge is 0.273 e. The number of carbonyl (C=O) groups excluding carboxylic acids is 1. The zero-order valence-corrected chi connectivity index (χ0v) is 17.5. The van der Waals surface area contributed by atoms with Gasteiger partial charge in [-0.3, -0.25) is 9.59 Å². The largest absolute Gasteiger partial charge is 0.491 e. The van der Waals surface area contributed by atoms with E-state index in [0.717, 1.165) is 6.42 Å². The summed E-state index contributed by atoms with van der Waals surface area (Å²) in [6.45, 7) is 4.24. The van der Waals surface area contributed by atoms with Crippen molar-refractivity contribution in [3.05, 3.63) is 76.0 Å². The van der Waals surface area contributed by atoms with Crippen LogP contribution in [0, 0.1) is 5.82 Å². The number of aromatic nitrogens is 3. The molecule has 0 fully saturated rings. The highest BCUT2D eigenvalue weighted by Crippen LogP contribution is 2.21. The number of hydrogen-bond acceptors (Lipinski definition) is 5. The number of ether oxygens (including phenoxy) is 1. The zero-order chi connectivity index (χ0) is 22.2. The van der Waals surface area contributed by atoms with E-state index in [2.05, 4.69) is 20.5 Å². The van der Waals surface area contributed by atoms with E-state index in [9.17, 15) is 14.0 Å². The second-order valence-electron chi connectivity index (χ2n) is 7.22. The van der Waals surface area contributed by atoms with Gasteiger partial charge in [-0.05, 0) is 43.2 Å². The average Bonchev–Trinajstić information content (AvgIpc) is 2.77. The van der Waals surface area contributed by atoms with E-state index >= 15 is 0 Å². The van der Waals surface area contributed by atoms with Crippen molar-refractivity contribution in [3.8, 4) is 17.1 Å². The van der Waals surface area contributed by atoms with E-state index < -0.39 is 5.56 Å². The first-order chi connectivity index (χ1) is 14.9. The molecule has 1 heterocycles. The molecule has 2 aromatic carbocycles. The Balaban J connectivity index is 1.59. The van der Waals surface area contributed by atoms with Gasteiger partial charge in [0.1, 0.15) is 17.3 Å². The summed E-state index contributed by atoms with van der Waals surface area (Å²) >= 11 is 0. The van der Waals surface area contributed by atoms with Gasteiger partial charge in [-0.25, -0.2) is 4.39 Å². The molecule has 1 amide bonds. The quantitative estimate of drug-likeness (QED) is 0.549. The lowest BCUT2D eigenvalue weighted by Gasteiger charge is -2.13. The van der Waals surface area contributed by atoms with Gasteiger partial charge in [-0.2, -0.15) is 0 Å². The van der Waals surface area contributed by atoms with Crippen LogP contribution in [-0.2, 0) is 17.8 Å². The Bertz CT molecular complexity index is 1100. The molecule has 31 heavy (non-hydrogen) atoms. The molecule has 0 aliphatic heterocycles. The number of amides is 1. The minimum Gasteiger partial charge on any atom is -0.491 e. The van der Waals surface area contributed by atoms with Crippen molar-refractivity contribution in [3.63, 3.8) is 0 Å². The number of aryl methyl sites for hydroxylation is 1. The molecule has 3 aromatic rings. The third-order valence-corrected chi connectivity index (χ3v) is 4.75. The average molecular weight is 424 g/mol. The van der Waals surface area contributed by atoms with Gasteiger partial charge >= 0.3 is 0 Å². The second-order valence-corrected chi connectivity index (χ2v) is 7.22. The maximum Gasteiger partial charge on any atom is 0.273 e. The number of aromatic amines is 1. The third-order valence-electron chi connectivity index (χ3n) is 4.75. The van der Waals surface area contributed by atoms with E-state index in [0.29, 0.717) is 22.7 Å². The van der Waals surface area contributed by atoms with Crippen LogP contribution in [0.2, 0.25) is 0 Å². The standard InChI is InChI=1S/C23H25FN4O3/c1-3-15(2)31-19-9-5-7-17(13-19)22-26-23(30)20(27-28-22)10-11-21(29)25-14-16-6-4-8-18(24)12-16/h4-9,12-13,15H,3,10-11,14H2,1-2H3,(H,25,29)(H,26,28,30)/t15-/m0/s1. The molecule has 0 radical (unpaired) electrons. The van der Waals surface area contributed by atoms with Gasteiger partial charge < -0.3 is 15.0 Å². The molecular weight excluding hydrogens is 399 g/mol. The number of halogens is 1. The summed E-state index contributed by atoms with van der Waals surface area (Å²) < 4.78 is 19.0. The van der Waals surface area contributed by atoms with Gasteiger partial charge in [0.15, 0.2) is 5.82 Å². The van der Waals surface area contributed by atoms with Crippen molar-refractivity contribution in [2.45, 2.75) is 45.8 Å². The van der Waals surface area contributed by atoms with Gasteiger partial charge in [0.2, 0.25) is 5.91 Å². The second kappa shape index (κ2) is 10.5. The van der Waals surface area contributed by atoms with E-state index in [4.69, 9.17) is 4.74 Å². The highest BCUT2D eigenvalue weighted by molar-refractivity contribution is 5.76. The number of hydrogen-bond donors (Lipinski definition) is 2. The molecule has 0 aliphatic carbocycles. The van der Waals surface area contributed by atoms with Crippen LogP contribution < -0.4 is 15.6 Å². The highest BCUT2D eigenvalue weighted by Gasteiger charge is 2.11. The monoisotopic (exact) mass is 424 g/mol. The first-order valence-electron chi connectivity index (χ1n) is 10.2. The third kappa shape index (κ3) is 6.47. The van der Waals surface area contributed by atoms with E-state index in [1.807, 2.05) is 32.0 Å². The molecule has 2 N–H and O–H groups in total. The Kier molecular flexibility index (Phi) is 7.48. The van der Waals surface area contributed by atoms with Crippen LogP contribution in [0.4, 0.5) is 4.39 Å². The minimum absolute atomic E-state index is 0.0741. The van der Waals surface area contributed by atoms with Crippen LogP contribution in [0.1, 0.15) is 37.9 Å². The van der Waals surface area contributed by atoms with Crippen LogP contribution in [0.3, 0.4) is 0 Å². The number of nitrogens with zero attached hydrogens (tertiary/aromatic N) is 2. The van der Waals surface area contributed by atoms with Crippen molar-refractivity contribution in [2.75, 3.05) is 0 Å². The summed E-state index contributed by atoms with van der Waals surface area (Å²) in [4.78, 5) is 27.2. The van der Waals surface area contributed by atoms with Crippen molar-refractivity contribution in [1.29, 1.82) is 0 Å². The predicted octanol–water partition coefficient (Wildman–Crippen LogP) is 3.40. The van der Waals surface area contributed by atoms with Crippen LogP contribution in [0.15, 0.2) is 53.3 Å². The number of rotatable bonds is 9. The van der Waals surface area contributed by atoms with Gasteiger partial charge in [0, 0.05) is 24.9 Å². The lowest BCUT2D eigenvalue weighted by Crippen LogP contribution is -2.25. The van der Waals surface area contributed by atoms with E-state index in [1.165, 1.54) is 12.1 Å². The summed E-state index contributed by atoms with van der Waals surface area (Å²) in [5, 5.41) is 10.8. The molecular formula is C23H25FN4O3. The Morgan fingerprint density at radius 3 is 2.74 bits per heavy atom. The molecule has 0 aliphatic rings. The summed E-state index contributed by atoms with van der Waals surface area (Å²) in [5.41, 5.74) is 1.13. The molecule has 162 valence electrons. The first kappa shape index (κ1) is 22.1. The van der Waals surface area contributed by atoms with Crippen LogP contribution in [0.25, 0.3) is 11.4 Å². The zero-order valence-electron chi connectivity index (χ0n) is 17.5. The van der Waals surface area contributed by atoms with Gasteiger partial charge in [0.25, 0.3) is 5.56 Å². The van der Waals surface area contributed by atoms with E-state index in [-0.39, 0.29) is 42.9 Å². The Morgan fingerprint density at radius 1 is 1.19 bits per heavy atom. The van der Waals surface area contributed by atoms with Gasteiger partial charge in [-0.15, -0.1) is 10.2 Å². The van der Waals surface area contributed by atoms with E-state index in [1.54, 1.807) is 18.2 Å². The molecule has 1 aromatic heterocycles. The summed E-state index contributed by atoms with van der Waals surface area (Å²) in [5.74, 6) is 0.405. The maximum atomic E-state index is 13.2. The lowest BCUT2D eigenvalue weighted by molar-refractivity contribution is -0.121. The summed E-state index contributed by atoms with van der Waals surface area (Å²) in [6.07, 6.45) is 1.18. The molecule has 7 nitrogen and oxygen atoms in total. The molecule has 0 saturated heterocycles. The molecule has 0 bridgehead atoms. The van der Waals surface area contributed by atoms with Crippen molar-refractivity contribution in [2.24, 2.45) is 0 Å². The Hall–Kier alpha value is -3.55. The normalized spacial score (nSPS) is 11.7. The predicted molar refractivity (Wildman–Crippen MR) is 115 cm³/mol. The number of H-pyrrole nitrogens is 1. The number of benzene rings is 2. The van der Waals surface area contributed by atoms with Crippen molar-refractivity contribution in [1.82, 2.24) is 20.5 Å². The molecule has 8 heteroatoms. The molecule has 0 unspecified atom stereocenters. The maximum absolute atomic E-state index is 13.2. The van der Waals surface area contributed by atoms with Gasteiger partial charge in [0.05, 0.1) is 6.10 Å². The number of nitrogens with one attached hydrogen (secondary N) is 2. The first-order valence-corrected chi connectivity index (χ1v) is 10.2. The minimum atomic E-state index is -0.392. The number of carbonyl (C=O) groups is 1. The van der Waals surface area contributed by atoms with Gasteiger partial charge in [-0.1, -0.05) is 31.2 Å². The lowest BCUT2D eigenvalue weighted by atomic mass is 10.2. The van der Waals surface area contributed by atoms with Crippen LogP contribution in [-0.4, -0.2) is 27.2 Å². The fourth-order valence-corrected chi connectivity index (χ4v) is 2.85.